The number of thiophene rings is 1. The first kappa shape index (κ1) is 22.1. The summed E-state index contributed by atoms with van der Waals surface area (Å²) in [5.74, 6) is 0.572. The fourth-order valence-electron chi connectivity index (χ4n) is 3.99. The Morgan fingerprint density at radius 1 is 1.15 bits per heavy atom. The molecule has 0 radical (unpaired) electrons. The zero-order chi connectivity index (χ0) is 22.9. The first-order valence-electron chi connectivity index (χ1n) is 10.9. The van der Waals surface area contributed by atoms with Gasteiger partial charge in [0.2, 0.25) is 5.91 Å². The average molecular weight is 495 g/mol. The zero-order valence-electron chi connectivity index (χ0n) is 17.7. The Morgan fingerprint density at radius 2 is 2.00 bits per heavy atom. The molecule has 8 heteroatoms. The second-order valence-electron chi connectivity index (χ2n) is 8.23. The van der Waals surface area contributed by atoms with E-state index in [0.29, 0.717) is 21.4 Å². The van der Waals surface area contributed by atoms with Gasteiger partial charge in [-0.15, -0.1) is 11.3 Å². The number of rotatable bonds is 5. The maximum atomic E-state index is 12.2. The number of nitrogens with zero attached hydrogens (tertiary/aromatic N) is 3. The molecule has 33 heavy (non-hydrogen) atoms. The molecule has 0 atom stereocenters. The summed E-state index contributed by atoms with van der Waals surface area (Å²) in [6.45, 7) is 0.783. The lowest BCUT2D eigenvalue weighted by molar-refractivity contribution is -0.117. The lowest BCUT2D eigenvalue weighted by Gasteiger charge is -2.13. The van der Waals surface area contributed by atoms with E-state index in [-0.39, 0.29) is 11.8 Å². The molecule has 1 aliphatic carbocycles. The van der Waals surface area contributed by atoms with Crippen molar-refractivity contribution in [3.05, 3.63) is 57.0 Å². The van der Waals surface area contributed by atoms with Crippen LogP contribution in [0.2, 0.25) is 10.0 Å². The maximum Gasteiger partial charge on any atom is 0.228 e. The SMILES string of the molecule is N#Cc1c(-c2ccnc(NC(=O)C3CC3)c2)sc(C2=NCCCC2)c1-c1ccc(Cl)cc1Cl. The normalized spacial score (nSPS) is 15.6. The third-order valence-corrected chi connectivity index (χ3v) is 7.66. The summed E-state index contributed by atoms with van der Waals surface area (Å²) in [5.41, 5.74) is 3.93. The van der Waals surface area contributed by atoms with Crippen molar-refractivity contribution in [3.8, 4) is 27.6 Å². The van der Waals surface area contributed by atoms with Gasteiger partial charge in [-0.05, 0) is 61.9 Å². The molecule has 1 aromatic carbocycles. The van der Waals surface area contributed by atoms with Gasteiger partial charge < -0.3 is 5.32 Å². The number of carbonyl (C=O) groups excluding carboxylic acids is 1. The molecule has 166 valence electrons. The first-order valence-corrected chi connectivity index (χ1v) is 12.5. The fourth-order valence-corrected chi connectivity index (χ4v) is 5.79. The summed E-state index contributed by atoms with van der Waals surface area (Å²) in [4.78, 5) is 23.1. The topological polar surface area (TPSA) is 78.1 Å². The number of hydrogen-bond acceptors (Lipinski definition) is 5. The van der Waals surface area contributed by atoms with E-state index < -0.39 is 0 Å². The van der Waals surface area contributed by atoms with E-state index in [1.54, 1.807) is 18.3 Å². The van der Waals surface area contributed by atoms with Crippen LogP contribution in [0, 0.1) is 17.2 Å². The standard InChI is InChI=1S/C25H20Cl2N4OS/c26-16-6-7-17(19(27)12-16)22-18(13-28)23(33-24(22)20-3-1-2-9-29-20)15-8-10-30-21(11-15)31-25(32)14-4-5-14/h6-8,10-12,14H,1-5,9H2,(H,30,31,32). The largest absolute Gasteiger partial charge is 0.310 e. The summed E-state index contributed by atoms with van der Waals surface area (Å²) in [5, 5.41) is 14.2. The van der Waals surface area contributed by atoms with E-state index in [1.807, 2.05) is 18.2 Å². The van der Waals surface area contributed by atoms with E-state index >= 15 is 0 Å². The van der Waals surface area contributed by atoms with Crippen LogP contribution < -0.4 is 5.32 Å². The highest BCUT2D eigenvalue weighted by atomic mass is 35.5. The summed E-state index contributed by atoms with van der Waals surface area (Å²) in [6.07, 6.45) is 6.50. The van der Waals surface area contributed by atoms with Crippen molar-refractivity contribution < 1.29 is 4.79 Å². The summed E-state index contributed by atoms with van der Waals surface area (Å²) < 4.78 is 0. The lowest BCUT2D eigenvalue weighted by atomic mass is 9.95. The minimum atomic E-state index is -0.00257. The number of amides is 1. The Bertz CT molecular complexity index is 1320. The van der Waals surface area contributed by atoms with Gasteiger partial charge in [0.05, 0.1) is 21.0 Å². The van der Waals surface area contributed by atoms with Crippen LogP contribution in [0.3, 0.4) is 0 Å². The van der Waals surface area contributed by atoms with Crippen LogP contribution in [-0.4, -0.2) is 23.1 Å². The number of hydrogen-bond donors (Lipinski definition) is 1. The molecule has 0 spiro atoms. The Balaban J connectivity index is 1.66. The molecule has 0 bridgehead atoms. The molecule has 1 N–H and O–H groups in total. The van der Waals surface area contributed by atoms with Crippen molar-refractivity contribution in [1.29, 1.82) is 5.26 Å². The van der Waals surface area contributed by atoms with Crippen molar-refractivity contribution >= 4 is 52.0 Å². The van der Waals surface area contributed by atoms with Gasteiger partial charge in [-0.1, -0.05) is 29.3 Å². The van der Waals surface area contributed by atoms with Crippen LogP contribution in [0.1, 0.15) is 42.5 Å². The van der Waals surface area contributed by atoms with Gasteiger partial charge in [0.15, 0.2) is 0 Å². The minimum Gasteiger partial charge on any atom is -0.310 e. The fraction of sp³-hybridized carbons (Fsp3) is 0.280. The molecule has 3 aromatic rings. The molecular formula is C25H20Cl2N4OS. The van der Waals surface area contributed by atoms with Crippen molar-refractivity contribution in [2.24, 2.45) is 10.9 Å². The first-order chi connectivity index (χ1) is 16.0. The number of nitriles is 1. The van der Waals surface area contributed by atoms with Gasteiger partial charge in [0.25, 0.3) is 0 Å². The number of pyridine rings is 1. The monoisotopic (exact) mass is 494 g/mol. The average Bonchev–Trinajstić information content (AvgIpc) is 3.61. The van der Waals surface area contributed by atoms with Gasteiger partial charge in [0, 0.05) is 39.8 Å². The lowest BCUT2D eigenvalue weighted by Crippen LogP contribution is -2.14. The second-order valence-corrected chi connectivity index (χ2v) is 10.1. The van der Waals surface area contributed by atoms with Gasteiger partial charge in [-0.25, -0.2) is 4.98 Å². The van der Waals surface area contributed by atoms with Crippen molar-refractivity contribution in [2.75, 3.05) is 11.9 Å². The molecule has 2 aromatic heterocycles. The number of carbonyl (C=O) groups is 1. The minimum absolute atomic E-state index is 0.00257. The smallest absolute Gasteiger partial charge is 0.228 e. The maximum absolute atomic E-state index is 12.2. The van der Waals surface area contributed by atoms with Gasteiger partial charge in [-0.3, -0.25) is 9.79 Å². The molecule has 1 saturated carbocycles. The third kappa shape index (κ3) is 4.54. The number of benzene rings is 1. The quantitative estimate of drug-likeness (QED) is 0.415. The predicted molar refractivity (Wildman–Crippen MR) is 134 cm³/mol. The molecule has 5 nitrogen and oxygen atoms in total. The van der Waals surface area contributed by atoms with E-state index in [4.69, 9.17) is 28.2 Å². The summed E-state index contributed by atoms with van der Waals surface area (Å²) in [7, 11) is 0. The summed E-state index contributed by atoms with van der Waals surface area (Å²) in [6, 6.07) is 11.4. The highest BCUT2D eigenvalue weighted by Crippen LogP contribution is 2.45. The van der Waals surface area contributed by atoms with E-state index in [2.05, 4.69) is 16.4 Å². The Morgan fingerprint density at radius 3 is 2.70 bits per heavy atom. The Labute approximate surface area is 206 Å². The molecule has 1 fully saturated rings. The highest BCUT2D eigenvalue weighted by molar-refractivity contribution is 7.18. The highest BCUT2D eigenvalue weighted by Gasteiger charge is 2.30. The van der Waals surface area contributed by atoms with Crippen LogP contribution in [0.15, 0.2) is 41.5 Å². The number of anilines is 1. The van der Waals surface area contributed by atoms with Crippen LogP contribution >= 0.6 is 34.5 Å². The Kier molecular flexibility index (Phi) is 6.20. The molecular weight excluding hydrogens is 475 g/mol. The molecule has 1 aliphatic heterocycles. The van der Waals surface area contributed by atoms with Gasteiger partial charge in [-0.2, -0.15) is 5.26 Å². The van der Waals surface area contributed by atoms with Gasteiger partial charge >= 0.3 is 0 Å². The molecule has 0 unspecified atom stereocenters. The second kappa shape index (κ2) is 9.26. The van der Waals surface area contributed by atoms with Crippen LogP contribution in [-0.2, 0) is 4.79 Å². The van der Waals surface area contributed by atoms with E-state index in [0.717, 1.165) is 70.8 Å². The number of aromatic nitrogens is 1. The molecule has 3 heterocycles. The number of halogens is 2. The molecule has 1 amide bonds. The Hall–Kier alpha value is -2.72. The van der Waals surface area contributed by atoms with Crippen molar-refractivity contribution in [3.63, 3.8) is 0 Å². The number of nitrogens with one attached hydrogen (secondary N) is 1. The van der Waals surface area contributed by atoms with E-state index in [9.17, 15) is 10.1 Å². The van der Waals surface area contributed by atoms with Crippen molar-refractivity contribution in [2.45, 2.75) is 32.1 Å². The zero-order valence-corrected chi connectivity index (χ0v) is 20.0. The molecule has 2 aliphatic rings. The molecule has 5 rings (SSSR count). The van der Waals surface area contributed by atoms with Crippen molar-refractivity contribution in [1.82, 2.24) is 4.98 Å². The van der Waals surface area contributed by atoms with E-state index in [1.165, 1.54) is 11.3 Å². The summed E-state index contributed by atoms with van der Waals surface area (Å²) >= 11 is 14.3. The molecule has 0 saturated heterocycles. The number of aliphatic imine (C=N–C) groups is 1. The predicted octanol–water partition coefficient (Wildman–Crippen LogP) is 6.98. The third-order valence-electron chi connectivity index (χ3n) is 5.83. The van der Waals surface area contributed by atoms with Crippen LogP contribution in [0.4, 0.5) is 5.82 Å². The van der Waals surface area contributed by atoms with Gasteiger partial charge in [0.1, 0.15) is 11.9 Å². The van der Waals surface area contributed by atoms with Crippen LogP contribution in [0.5, 0.6) is 0 Å². The van der Waals surface area contributed by atoms with Crippen LogP contribution in [0.25, 0.3) is 21.6 Å².